The van der Waals surface area contributed by atoms with E-state index < -0.39 is 0 Å². The summed E-state index contributed by atoms with van der Waals surface area (Å²) in [6, 6.07) is 0. The zero-order chi connectivity index (χ0) is 14.5. The Balaban J connectivity index is 2.88. The van der Waals surface area contributed by atoms with Crippen LogP contribution >= 0.6 is 11.3 Å². The Morgan fingerprint density at radius 1 is 1.32 bits per heavy atom. The van der Waals surface area contributed by atoms with Gasteiger partial charge in [-0.15, -0.1) is 11.3 Å². The molecule has 0 radical (unpaired) electrons. The minimum Gasteiger partial charge on any atom is -0.383 e. The first-order chi connectivity index (χ1) is 8.83. The molecule has 1 heterocycles. The van der Waals surface area contributed by atoms with Gasteiger partial charge in [-0.2, -0.15) is 0 Å². The summed E-state index contributed by atoms with van der Waals surface area (Å²) in [5.41, 5.74) is 1.26. The second-order valence-electron chi connectivity index (χ2n) is 6.29. The summed E-state index contributed by atoms with van der Waals surface area (Å²) in [6.07, 6.45) is 2.23. The van der Waals surface area contributed by atoms with Crippen molar-refractivity contribution in [2.24, 2.45) is 0 Å². The van der Waals surface area contributed by atoms with E-state index in [1.807, 2.05) is 0 Å². The van der Waals surface area contributed by atoms with Gasteiger partial charge in [-0.1, -0.05) is 34.1 Å². The molecular formula is C15H28N2OS. The minimum atomic E-state index is -0.0402. The number of thiazole rings is 1. The van der Waals surface area contributed by atoms with Crippen LogP contribution in [-0.2, 0) is 15.7 Å². The number of nitrogens with one attached hydrogen (secondary N) is 1. The fourth-order valence-electron chi connectivity index (χ4n) is 2.07. The third kappa shape index (κ3) is 4.55. The molecule has 4 heteroatoms. The van der Waals surface area contributed by atoms with E-state index in [-0.39, 0.29) is 11.0 Å². The molecule has 0 aromatic carbocycles. The topological polar surface area (TPSA) is 34.1 Å². The summed E-state index contributed by atoms with van der Waals surface area (Å²) >= 11 is 1.77. The van der Waals surface area contributed by atoms with E-state index in [4.69, 9.17) is 9.72 Å². The van der Waals surface area contributed by atoms with Gasteiger partial charge in [0.05, 0.1) is 17.8 Å². The largest absolute Gasteiger partial charge is 0.383 e. The van der Waals surface area contributed by atoms with Crippen LogP contribution in [0.4, 0.5) is 0 Å². The molecule has 0 saturated heterocycles. The highest BCUT2D eigenvalue weighted by atomic mass is 32.1. The number of nitrogens with zero attached hydrogens (tertiary/aromatic N) is 1. The predicted molar refractivity (Wildman–Crippen MR) is 83.0 cm³/mol. The number of methoxy groups -OCH3 is 1. The van der Waals surface area contributed by atoms with Crippen molar-refractivity contribution in [3.63, 3.8) is 0 Å². The summed E-state index contributed by atoms with van der Waals surface area (Å²) in [4.78, 5) is 4.87. The molecule has 1 unspecified atom stereocenters. The van der Waals surface area contributed by atoms with Crippen LogP contribution in [0.2, 0.25) is 0 Å². The van der Waals surface area contributed by atoms with E-state index in [1.54, 1.807) is 18.4 Å². The van der Waals surface area contributed by atoms with Crippen LogP contribution in [0.5, 0.6) is 0 Å². The van der Waals surface area contributed by atoms with E-state index >= 15 is 0 Å². The fraction of sp³-hybridized carbons (Fsp3) is 0.800. The summed E-state index contributed by atoms with van der Waals surface area (Å²) in [5.74, 6) is 0. The lowest BCUT2D eigenvalue weighted by molar-refractivity contribution is 0.183. The first-order valence-electron chi connectivity index (χ1n) is 7.04. The Morgan fingerprint density at radius 2 is 2.00 bits per heavy atom. The number of ether oxygens (including phenoxy) is 1. The number of rotatable bonds is 7. The third-order valence-corrected chi connectivity index (χ3v) is 4.42. The van der Waals surface area contributed by atoms with Gasteiger partial charge < -0.3 is 10.1 Å². The lowest BCUT2D eigenvalue weighted by Gasteiger charge is -2.29. The van der Waals surface area contributed by atoms with Gasteiger partial charge in [-0.05, 0) is 13.3 Å². The predicted octanol–water partition coefficient (Wildman–Crippen LogP) is 3.69. The first kappa shape index (κ1) is 16.6. The van der Waals surface area contributed by atoms with Gasteiger partial charge in [-0.3, -0.25) is 0 Å². The first-order valence-corrected chi connectivity index (χ1v) is 7.92. The summed E-state index contributed by atoms with van der Waals surface area (Å²) < 4.78 is 5.13. The van der Waals surface area contributed by atoms with Gasteiger partial charge >= 0.3 is 0 Å². The minimum absolute atomic E-state index is 0.0402. The van der Waals surface area contributed by atoms with Crippen LogP contribution in [0.25, 0.3) is 0 Å². The summed E-state index contributed by atoms with van der Waals surface area (Å²) in [6.45, 7) is 12.7. The zero-order valence-corrected chi connectivity index (χ0v) is 14.0. The van der Waals surface area contributed by atoms with E-state index in [0.29, 0.717) is 0 Å². The van der Waals surface area contributed by atoms with E-state index in [0.717, 1.165) is 26.0 Å². The van der Waals surface area contributed by atoms with Crippen LogP contribution in [0, 0.1) is 0 Å². The van der Waals surface area contributed by atoms with Gasteiger partial charge in [-0.25, -0.2) is 4.98 Å². The molecule has 1 atom stereocenters. The highest BCUT2D eigenvalue weighted by Gasteiger charge is 2.30. The molecule has 1 aromatic rings. The van der Waals surface area contributed by atoms with E-state index in [2.05, 4.69) is 45.3 Å². The molecule has 0 aliphatic carbocycles. The van der Waals surface area contributed by atoms with Crippen molar-refractivity contribution in [1.82, 2.24) is 10.3 Å². The lowest BCUT2D eigenvalue weighted by atomic mass is 9.92. The number of hydrogen-bond donors (Lipinski definition) is 1. The molecule has 1 rings (SSSR count). The van der Waals surface area contributed by atoms with Crippen LogP contribution in [0.1, 0.15) is 58.2 Å². The molecule has 19 heavy (non-hydrogen) atoms. The second kappa shape index (κ2) is 6.82. The molecule has 0 spiro atoms. The van der Waals surface area contributed by atoms with E-state index in [1.165, 1.54) is 10.7 Å². The van der Waals surface area contributed by atoms with Crippen LogP contribution in [-0.4, -0.2) is 25.2 Å². The maximum Gasteiger partial charge on any atom is 0.113 e. The smallest absolute Gasteiger partial charge is 0.113 e. The zero-order valence-electron chi connectivity index (χ0n) is 13.2. The monoisotopic (exact) mass is 284 g/mol. The highest BCUT2D eigenvalue weighted by Crippen LogP contribution is 2.32. The van der Waals surface area contributed by atoms with E-state index in [9.17, 15) is 0 Å². The molecule has 3 nitrogen and oxygen atoms in total. The standard InChI is InChI=1S/C15H28N2OS/c1-7-8-15(5,16-9-10-18-6)13-17-12(11-19-13)14(2,3)4/h11,16H,7-10H2,1-6H3. The maximum absolute atomic E-state index is 5.13. The Bertz CT molecular complexity index is 384. The summed E-state index contributed by atoms with van der Waals surface area (Å²) in [5, 5.41) is 6.99. The molecule has 1 N–H and O–H groups in total. The van der Waals surface area contributed by atoms with Gasteiger partial charge in [0.15, 0.2) is 0 Å². The van der Waals surface area contributed by atoms with Crippen molar-refractivity contribution in [3.8, 4) is 0 Å². The Kier molecular flexibility index (Phi) is 5.96. The van der Waals surface area contributed by atoms with Crippen molar-refractivity contribution in [2.45, 2.75) is 58.4 Å². The quantitative estimate of drug-likeness (QED) is 0.775. The molecule has 0 aliphatic rings. The Labute approximate surface area is 121 Å². The molecule has 0 bridgehead atoms. The molecule has 0 saturated carbocycles. The van der Waals surface area contributed by atoms with Crippen molar-refractivity contribution < 1.29 is 4.74 Å². The lowest BCUT2D eigenvalue weighted by Crippen LogP contribution is -2.41. The molecule has 0 fully saturated rings. The van der Waals surface area contributed by atoms with Crippen molar-refractivity contribution >= 4 is 11.3 Å². The van der Waals surface area contributed by atoms with Gasteiger partial charge in [0.1, 0.15) is 5.01 Å². The SMILES string of the molecule is CCCC(C)(NCCOC)c1nc(C(C)(C)C)cs1. The third-order valence-electron chi connectivity index (χ3n) is 3.32. The number of hydrogen-bond acceptors (Lipinski definition) is 4. The van der Waals surface area contributed by atoms with Crippen molar-refractivity contribution in [3.05, 3.63) is 16.1 Å². The average Bonchev–Trinajstić information content (AvgIpc) is 2.79. The average molecular weight is 284 g/mol. The molecule has 0 amide bonds. The van der Waals surface area contributed by atoms with Crippen LogP contribution in [0.15, 0.2) is 5.38 Å². The van der Waals surface area contributed by atoms with Gasteiger partial charge in [0.2, 0.25) is 0 Å². The Hall–Kier alpha value is -0.450. The summed E-state index contributed by atoms with van der Waals surface area (Å²) in [7, 11) is 1.74. The van der Waals surface area contributed by atoms with Crippen LogP contribution < -0.4 is 5.32 Å². The Morgan fingerprint density at radius 3 is 2.47 bits per heavy atom. The number of aromatic nitrogens is 1. The fourth-order valence-corrected chi connectivity index (χ4v) is 3.29. The van der Waals surface area contributed by atoms with Crippen molar-refractivity contribution in [1.29, 1.82) is 0 Å². The normalized spacial score (nSPS) is 15.5. The maximum atomic E-state index is 5.13. The highest BCUT2D eigenvalue weighted by molar-refractivity contribution is 7.09. The molecule has 1 aromatic heterocycles. The van der Waals surface area contributed by atoms with Crippen molar-refractivity contribution in [2.75, 3.05) is 20.3 Å². The molecule has 110 valence electrons. The second-order valence-corrected chi connectivity index (χ2v) is 7.15. The van der Waals surface area contributed by atoms with Gasteiger partial charge in [0, 0.05) is 24.4 Å². The molecule has 0 aliphatic heterocycles. The van der Waals surface area contributed by atoms with Gasteiger partial charge in [0.25, 0.3) is 0 Å². The molecular weight excluding hydrogens is 256 g/mol. The van der Waals surface area contributed by atoms with Crippen LogP contribution in [0.3, 0.4) is 0 Å².